The first kappa shape index (κ1) is 29.2. The summed E-state index contributed by atoms with van der Waals surface area (Å²) in [6.45, 7) is 2.47. The first-order chi connectivity index (χ1) is 19.2. The van der Waals surface area contributed by atoms with Crippen molar-refractivity contribution >= 4 is 33.5 Å². The van der Waals surface area contributed by atoms with Crippen LogP contribution in [0, 0.1) is 5.92 Å². The van der Waals surface area contributed by atoms with Crippen LogP contribution in [0.1, 0.15) is 43.2 Å². The van der Waals surface area contributed by atoms with Crippen LogP contribution in [0.4, 0.5) is 29.5 Å². The average Bonchev–Trinajstić information content (AvgIpc) is 3.64. The molecular weight excluding hydrogens is 565 g/mol. The molecule has 2 aromatic rings. The Bertz CT molecular complexity index is 1420. The molecule has 1 aromatic carbocycles. The fourth-order valence-corrected chi connectivity index (χ4v) is 6.76. The second-order valence-corrected chi connectivity index (χ2v) is 12.9. The van der Waals surface area contributed by atoms with Gasteiger partial charge in [-0.1, -0.05) is 0 Å². The number of aromatic nitrogens is 2. The van der Waals surface area contributed by atoms with E-state index in [4.69, 9.17) is 0 Å². The van der Waals surface area contributed by atoms with Crippen molar-refractivity contribution in [2.75, 3.05) is 48.6 Å². The van der Waals surface area contributed by atoms with Crippen LogP contribution in [0.5, 0.6) is 0 Å². The number of rotatable bonds is 6. The lowest BCUT2D eigenvalue weighted by atomic mass is 9.84. The lowest BCUT2D eigenvalue weighted by molar-refractivity contribution is -0.141. The van der Waals surface area contributed by atoms with E-state index in [-0.39, 0.29) is 23.9 Å². The van der Waals surface area contributed by atoms with Crippen molar-refractivity contribution in [1.29, 1.82) is 0 Å². The van der Waals surface area contributed by atoms with Gasteiger partial charge in [-0.3, -0.25) is 14.4 Å². The van der Waals surface area contributed by atoms with Gasteiger partial charge >= 0.3 is 18.2 Å². The minimum Gasteiger partial charge on any atom is -0.481 e. The summed E-state index contributed by atoms with van der Waals surface area (Å²) in [7, 11) is -3.53. The van der Waals surface area contributed by atoms with Gasteiger partial charge in [0.15, 0.2) is 5.82 Å². The Kier molecular flexibility index (Phi) is 7.70. The fourth-order valence-electron chi connectivity index (χ4n) is 6.27. The summed E-state index contributed by atoms with van der Waals surface area (Å²) in [5, 5.41) is 13.3. The van der Waals surface area contributed by atoms with Crippen LogP contribution in [0.2, 0.25) is 0 Å². The maximum atomic E-state index is 13.8. The second kappa shape index (κ2) is 10.8. The van der Waals surface area contributed by atoms with Gasteiger partial charge in [0.25, 0.3) is 0 Å². The zero-order valence-electron chi connectivity index (χ0n) is 22.6. The number of hydrogen-bond acceptors (Lipinski definition) is 7. The van der Waals surface area contributed by atoms with Gasteiger partial charge in [-0.25, -0.2) is 13.2 Å². The lowest BCUT2D eigenvalue weighted by Crippen LogP contribution is -2.53. The van der Waals surface area contributed by atoms with E-state index >= 15 is 0 Å². The summed E-state index contributed by atoms with van der Waals surface area (Å²) in [5.74, 6) is -1.50. The third kappa shape index (κ3) is 6.45. The summed E-state index contributed by atoms with van der Waals surface area (Å²) in [6.07, 6.45) is 1.30. The molecule has 11 nitrogen and oxygen atoms in total. The molecule has 1 aromatic heterocycles. The largest absolute Gasteiger partial charge is 0.481 e. The van der Waals surface area contributed by atoms with E-state index in [1.165, 1.54) is 18.3 Å². The number of nitrogens with zero attached hydrogens (tertiary/aromatic N) is 5. The van der Waals surface area contributed by atoms with E-state index in [0.29, 0.717) is 56.7 Å². The standard InChI is InChI=1S/C26H33F3N6O5S/c1-41(39,40)31-22-4-10-35(30-22)24(38)32-11-6-25(7-12-32)5-2-8-34(25)16-18-13-20(26(27,28)29)15-21(14-18)33-9-3-19(17-33)23(36)37/h4,10,13-15,19H,2-3,5-9,11-12,16-17H2,1H3,(H,30,31)(H,36,37). The molecule has 3 aliphatic rings. The molecule has 1 atom stereocenters. The number of piperidine rings is 1. The number of halogens is 3. The van der Waals surface area contributed by atoms with Crippen molar-refractivity contribution in [3.05, 3.63) is 41.6 Å². The summed E-state index contributed by atoms with van der Waals surface area (Å²) in [5.41, 5.74) is -0.0891. The molecule has 0 saturated carbocycles. The highest BCUT2D eigenvalue weighted by atomic mass is 32.2. The number of alkyl halides is 3. The molecule has 1 amide bonds. The molecule has 5 rings (SSSR count). The highest BCUT2D eigenvalue weighted by Crippen LogP contribution is 2.41. The quantitative estimate of drug-likeness (QED) is 0.519. The summed E-state index contributed by atoms with van der Waals surface area (Å²) >= 11 is 0. The van der Waals surface area contributed by atoms with Crippen LogP contribution < -0.4 is 9.62 Å². The van der Waals surface area contributed by atoms with E-state index in [2.05, 4.69) is 14.7 Å². The summed E-state index contributed by atoms with van der Waals surface area (Å²) < 4.78 is 67.7. The van der Waals surface area contributed by atoms with Crippen molar-refractivity contribution in [2.45, 2.75) is 50.4 Å². The second-order valence-electron chi connectivity index (χ2n) is 11.2. The van der Waals surface area contributed by atoms with Crippen LogP contribution in [-0.4, -0.2) is 89.6 Å². The van der Waals surface area contributed by atoms with Gasteiger partial charge in [-0.15, -0.1) is 5.10 Å². The Labute approximate surface area is 235 Å². The van der Waals surface area contributed by atoms with Crippen molar-refractivity contribution in [3.63, 3.8) is 0 Å². The van der Waals surface area contributed by atoms with Crippen LogP contribution >= 0.6 is 0 Å². The monoisotopic (exact) mass is 598 g/mol. The summed E-state index contributed by atoms with van der Waals surface area (Å²) in [4.78, 5) is 30.0. The molecule has 1 spiro atoms. The Morgan fingerprint density at radius 1 is 1.12 bits per heavy atom. The normalized spacial score (nSPS) is 21.5. The lowest BCUT2D eigenvalue weighted by Gasteiger charge is -2.45. The Balaban J connectivity index is 1.28. The number of hydrogen-bond donors (Lipinski definition) is 2. The van der Waals surface area contributed by atoms with Crippen molar-refractivity contribution in [2.24, 2.45) is 5.92 Å². The van der Waals surface area contributed by atoms with Gasteiger partial charge in [0.1, 0.15) is 0 Å². The number of amides is 1. The number of benzene rings is 1. The highest BCUT2D eigenvalue weighted by Gasteiger charge is 2.44. The number of nitrogens with one attached hydrogen (secondary N) is 1. The van der Waals surface area contributed by atoms with Crippen molar-refractivity contribution in [1.82, 2.24) is 19.6 Å². The van der Waals surface area contributed by atoms with Gasteiger partial charge < -0.3 is 14.9 Å². The first-order valence-corrected chi connectivity index (χ1v) is 15.4. The summed E-state index contributed by atoms with van der Waals surface area (Å²) in [6, 6.07) is 5.04. The average molecular weight is 599 g/mol. The smallest absolute Gasteiger partial charge is 0.416 e. The molecule has 3 saturated heterocycles. The number of anilines is 2. The molecular formula is C26H33F3N6O5S. The van der Waals surface area contributed by atoms with Gasteiger partial charge in [0.2, 0.25) is 10.0 Å². The molecule has 3 fully saturated rings. The number of carboxylic acid groups (broad SMARTS) is 1. The van der Waals surface area contributed by atoms with Gasteiger partial charge in [0, 0.05) is 56.2 Å². The molecule has 4 heterocycles. The van der Waals surface area contributed by atoms with Crippen LogP contribution in [-0.2, 0) is 27.5 Å². The van der Waals surface area contributed by atoms with E-state index < -0.39 is 33.7 Å². The van der Waals surface area contributed by atoms with Crippen molar-refractivity contribution < 1.29 is 36.3 Å². The fraction of sp³-hybridized carbons (Fsp3) is 0.577. The maximum Gasteiger partial charge on any atom is 0.416 e. The van der Waals surface area contributed by atoms with Crippen LogP contribution in [0.25, 0.3) is 0 Å². The minimum atomic E-state index is -4.53. The number of carboxylic acids is 1. The zero-order valence-corrected chi connectivity index (χ0v) is 23.4. The molecule has 2 N–H and O–H groups in total. The molecule has 0 bridgehead atoms. The van der Waals surface area contributed by atoms with E-state index in [0.717, 1.165) is 36.4 Å². The van der Waals surface area contributed by atoms with E-state index in [1.807, 2.05) is 0 Å². The van der Waals surface area contributed by atoms with Crippen LogP contribution in [0.3, 0.4) is 0 Å². The highest BCUT2D eigenvalue weighted by molar-refractivity contribution is 7.92. The first-order valence-electron chi connectivity index (χ1n) is 13.5. The predicted octanol–water partition coefficient (Wildman–Crippen LogP) is 3.28. The van der Waals surface area contributed by atoms with Gasteiger partial charge in [0.05, 0.1) is 17.7 Å². The Morgan fingerprint density at radius 3 is 2.49 bits per heavy atom. The molecule has 15 heteroatoms. The van der Waals surface area contributed by atoms with Crippen LogP contribution in [0.15, 0.2) is 30.5 Å². The molecule has 1 unspecified atom stereocenters. The van der Waals surface area contributed by atoms with E-state index in [9.17, 15) is 36.3 Å². The number of carbonyl (C=O) groups is 2. The zero-order chi connectivity index (χ0) is 29.6. The molecule has 0 radical (unpaired) electrons. The minimum absolute atomic E-state index is 0.0455. The third-order valence-electron chi connectivity index (χ3n) is 8.36. The number of carbonyl (C=O) groups excluding carboxylic acids is 1. The Hall–Kier alpha value is -3.33. The van der Waals surface area contributed by atoms with Gasteiger partial charge in [-0.05, 0) is 62.4 Å². The SMILES string of the molecule is CS(=O)(=O)Nc1ccn(C(=O)N2CCC3(CCCN3Cc3cc(N4CCC(C(=O)O)C4)cc(C(F)(F)F)c3)CC2)n1. The van der Waals surface area contributed by atoms with E-state index in [1.54, 1.807) is 15.9 Å². The molecule has 3 aliphatic heterocycles. The predicted molar refractivity (Wildman–Crippen MR) is 144 cm³/mol. The molecule has 224 valence electrons. The number of likely N-dealkylation sites (tertiary alicyclic amines) is 2. The van der Waals surface area contributed by atoms with Gasteiger partial charge in [-0.2, -0.15) is 17.9 Å². The number of aliphatic carboxylic acids is 1. The molecule has 0 aliphatic carbocycles. The molecule has 41 heavy (non-hydrogen) atoms. The number of sulfonamides is 1. The van der Waals surface area contributed by atoms with Crippen molar-refractivity contribution in [3.8, 4) is 0 Å². The third-order valence-corrected chi connectivity index (χ3v) is 8.94. The topological polar surface area (TPSA) is 128 Å². The Morgan fingerprint density at radius 2 is 1.85 bits per heavy atom. The maximum absolute atomic E-state index is 13.8.